The molecule has 3 aromatic rings. The van der Waals surface area contributed by atoms with Crippen molar-refractivity contribution < 1.29 is 24.1 Å². The molecule has 2 aliphatic heterocycles. The number of nitrogens with zero attached hydrogens (tertiary/aromatic N) is 2. The Labute approximate surface area is 191 Å². The summed E-state index contributed by atoms with van der Waals surface area (Å²) in [6.07, 6.45) is 0.0760. The zero-order chi connectivity index (χ0) is 23.1. The Morgan fingerprint density at radius 1 is 1.12 bits per heavy atom. The van der Waals surface area contributed by atoms with Gasteiger partial charge in [0.2, 0.25) is 6.23 Å². The minimum atomic E-state index is -0.532. The van der Waals surface area contributed by atoms with Crippen LogP contribution in [0.25, 0.3) is 0 Å². The van der Waals surface area contributed by atoms with E-state index in [2.05, 4.69) is 0 Å². The standard InChI is InChI=1S/C26H24N2O5/c1-15-7-12-22(29)19(13-15)20-14-21-18-5-4-6-23(31-2)24(18)33-25(28(21)27-20)16-8-10-17(11-9-16)26(30)32-3/h4-13,21,25,29H,14H2,1-3H3/t21-,25+/m1/s1. The first-order valence-corrected chi connectivity index (χ1v) is 10.7. The van der Waals surface area contributed by atoms with Crippen molar-refractivity contribution in [2.45, 2.75) is 25.6 Å². The average Bonchev–Trinajstić information content (AvgIpc) is 3.29. The molecule has 0 saturated carbocycles. The molecule has 0 aromatic heterocycles. The second-order valence-electron chi connectivity index (χ2n) is 8.13. The lowest BCUT2D eigenvalue weighted by molar-refractivity contribution is -0.0209. The van der Waals surface area contributed by atoms with Crippen LogP contribution in [0.4, 0.5) is 0 Å². The summed E-state index contributed by atoms with van der Waals surface area (Å²) in [7, 11) is 2.97. The number of hydrazone groups is 1. The summed E-state index contributed by atoms with van der Waals surface area (Å²) in [4.78, 5) is 11.9. The first-order valence-electron chi connectivity index (χ1n) is 10.7. The number of phenols is 1. The molecule has 168 valence electrons. The number of ether oxygens (including phenoxy) is 3. The molecule has 7 heteroatoms. The summed E-state index contributed by atoms with van der Waals surface area (Å²) in [6, 6.07) is 18.3. The van der Waals surface area contributed by atoms with Gasteiger partial charge in [-0.15, -0.1) is 0 Å². The van der Waals surface area contributed by atoms with Crippen molar-refractivity contribution in [1.82, 2.24) is 5.01 Å². The Kier molecular flexibility index (Phi) is 5.17. The third kappa shape index (κ3) is 3.55. The number of hydrogen-bond donors (Lipinski definition) is 1. The number of carbonyl (C=O) groups is 1. The molecule has 0 bridgehead atoms. The molecule has 3 aromatic carbocycles. The van der Waals surface area contributed by atoms with Crippen molar-refractivity contribution in [2.24, 2.45) is 5.10 Å². The Balaban J connectivity index is 1.60. The highest BCUT2D eigenvalue weighted by Crippen LogP contribution is 2.51. The summed E-state index contributed by atoms with van der Waals surface area (Å²) in [5.74, 6) is 1.13. The molecule has 5 rings (SSSR count). The normalized spacial score (nSPS) is 18.6. The van der Waals surface area contributed by atoms with Crippen LogP contribution in [-0.4, -0.2) is 36.0 Å². The Hall–Kier alpha value is -4.00. The van der Waals surface area contributed by atoms with Crippen molar-refractivity contribution in [3.8, 4) is 17.2 Å². The molecule has 2 atom stereocenters. The lowest BCUT2D eigenvalue weighted by Gasteiger charge is -2.38. The average molecular weight is 444 g/mol. The maximum Gasteiger partial charge on any atom is 0.337 e. The van der Waals surface area contributed by atoms with Crippen LogP contribution in [0.3, 0.4) is 0 Å². The number of hydrogen-bond acceptors (Lipinski definition) is 7. The van der Waals surface area contributed by atoms with Crippen molar-refractivity contribution in [3.05, 3.63) is 88.5 Å². The molecule has 1 N–H and O–H groups in total. The highest BCUT2D eigenvalue weighted by Gasteiger charge is 2.42. The fourth-order valence-electron chi connectivity index (χ4n) is 4.41. The van der Waals surface area contributed by atoms with Crippen molar-refractivity contribution in [2.75, 3.05) is 14.2 Å². The number of para-hydroxylation sites is 1. The van der Waals surface area contributed by atoms with E-state index >= 15 is 0 Å². The van der Waals surface area contributed by atoms with Gasteiger partial charge in [-0.25, -0.2) is 9.80 Å². The van der Waals surface area contributed by atoms with Crippen LogP contribution in [0, 0.1) is 6.92 Å². The van der Waals surface area contributed by atoms with E-state index in [0.717, 1.165) is 22.4 Å². The maximum absolute atomic E-state index is 11.9. The fourth-order valence-corrected chi connectivity index (χ4v) is 4.41. The third-order valence-corrected chi connectivity index (χ3v) is 6.08. The van der Waals surface area contributed by atoms with E-state index in [1.807, 2.05) is 54.4 Å². The number of methoxy groups -OCH3 is 2. The van der Waals surface area contributed by atoms with E-state index in [-0.39, 0.29) is 11.8 Å². The number of esters is 1. The van der Waals surface area contributed by atoms with Crippen LogP contribution in [-0.2, 0) is 4.74 Å². The van der Waals surface area contributed by atoms with Gasteiger partial charge in [0, 0.05) is 23.1 Å². The van der Waals surface area contributed by atoms with Crippen molar-refractivity contribution in [1.29, 1.82) is 0 Å². The lowest BCUT2D eigenvalue weighted by atomic mass is 9.94. The summed E-state index contributed by atoms with van der Waals surface area (Å²) < 4.78 is 16.8. The predicted octanol–water partition coefficient (Wildman–Crippen LogP) is 4.74. The van der Waals surface area contributed by atoms with Crippen LogP contribution in [0.5, 0.6) is 17.2 Å². The van der Waals surface area contributed by atoms with Gasteiger partial charge in [0.15, 0.2) is 11.5 Å². The van der Waals surface area contributed by atoms with Gasteiger partial charge >= 0.3 is 5.97 Å². The summed E-state index contributed by atoms with van der Waals surface area (Å²) in [6.45, 7) is 1.99. The van der Waals surface area contributed by atoms with Crippen LogP contribution in [0.1, 0.15) is 51.3 Å². The lowest BCUT2D eigenvalue weighted by Crippen LogP contribution is -2.33. The zero-order valence-electron chi connectivity index (χ0n) is 18.6. The second-order valence-corrected chi connectivity index (χ2v) is 8.13. The molecule has 0 radical (unpaired) electrons. The summed E-state index contributed by atoms with van der Waals surface area (Å²) in [5.41, 5.74) is 4.82. The first-order chi connectivity index (χ1) is 16.0. The smallest absolute Gasteiger partial charge is 0.337 e. The van der Waals surface area contributed by atoms with Crippen molar-refractivity contribution in [3.63, 3.8) is 0 Å². The van der Waals surface area contributed by atoms with Crippen molar-refractivity contribution >= 4 is 11.7 Å². The van der Waals surface area contributed by atoms with Gasteiger partial charge in [-0.2, -0.15) is 5.10 Å². The first kappa shape index (κ1) is 20.9. The highest BCUT2D eigenvalue weighted by atomic mass is 16.5. The molecule has 2 heterocycles. The maximum atomic E-state index is 11.9. The topological polar surface area (TPSA) is 80.6 Å². The summed E-state index contributed by atoms with van der Waals surface area (Å²) in [5, 5.41) is 17.3. The number of carbonyl (C=O) groups excluding carboxylic acids is 1. The van der Waals surface area contributed by atoms with Gasteiger partial charge in [0.1, 0.15) is 5.75 Å². The SMILES string of the molecule is COC(=O)c1ccc([C@@H]2Oc3c(OC)cccc3[C@H]3CC(c4cc(C)ccc4O)=NN32)cc1. The van der Waals surface area contributed by atoms with Crippen LogP contribution in [0.15, 0.2) is 65.8 Å². The van der Waals surface area contributed by atoms with Gasteiger partial charge in [-0.1, -0.05) is 35.9 Å². The molecule has 0 saturated heterocycles. The van der Waals surface area contributed by atoms with E-state index in [1.165, 1.54) is 7.11 Å². The van der Waals surface area contributed by atoms with Crippen LogP contribution in [0.2, 0.25) is 0 Å². The van der Waals surface area contributed by atoms with Gasteiger partial charge in [-0.05, 0) is 37.3 Å². The molecule has 0 fully saturated rings. The number of benzene rings is 3. The molecular weight excluding hydrogens is 420 g/mol. The largest absolute Gasteiger partial charge is 0.507 e. The highest BCUT2D eigenvalue weighted by molar-refractivity contribution is 6.04. The number of aromatic hydroxyl groups is 1. The molecule has 33 heavy (non-hydrogen) atoms. The molecular formula is C26H24N2O5. The quantitative estimate of drug-likeness (QED) is 0.586. The predicted molar refractivity (Wildman–Crippen MR) is 123 cm³/mol. The third-order valence-electron chi connectivity index (χ3n) is 6.08. The van der Waals surface area contributed by atoms with Gasteiger partial charge < -0.3 is 19.3 Å². The Morgan fingerprint density at radius 2 is 1.91 bits per heavy atom. The molecule has 0 unspecified atom stereocenters. The van der Waals surface area contributed by atoms with Crippen LogP contribution >= 0.6 is 0 Å². The number of fused-ring (bicyclic) bond motifs is 3. The van der Waals surface area contributed by atoms with E-state index in [1.54, 1.807) is 25.3 Å². The molecule has 0 amide bonds. The monoisotopic (exact) mass is 444 g/mol. The zero-order valence-corrected chi connectivity index (χ0v) is 18.6. The molecule has 0 aliphatic carbocycles. The fraction of sp³-hybridized carbons (Fsp3) is 0.231. The van der Waals surface area contributed by atoms with E-state index in [0.29, 0.717) is 29.0 Å². The Morgan fingerprint density at radius 3 is 2.64 bits per heavy atom. The van der Waals surface area contributed by atoms with Gasteiger partial charge in [0.05, 0.1) is 31.5 Å². The number of phenolic OH excluding ortho intramolecular Hbond substituents is 1. The van der Waals surface area contributed by atoms with Gasteiger partial charge in [0.25, 0.3) is 0 Å². The molecule has 0 spiro atoms. The molecule has 7 nitrogen and oxygen atoms in total. The minimum Gasteiger partial charge on any atom is -0.507 e. The Bertz CT molecular complexity index is 1250. The number of rotatable bonds is 4. The van der Waals surface area contributed by atoms with E-state index in [4.69, 9.17) is 19.3 Å². The van der Waals surface area contributed by atoms with E-state index < -0.39 is 12.2 Å². The minimum absolute atomic E-state index is 0.0935. The molecule has 2 aliphatic rings. The number of aryl methyl sites for hydroxylation is 1. The van der Waals surface area contributed by atoms with Gasteiger partial charge in [-0.3, -0.25) is 0 Å². The second kappa shape index (κ2) is 8.16. The van der Waals surface area contributed by atoms with Crippen LogP contribution < -0.4 is 9.47 Å². The summed E-state index contributed by atoms with van der Waals surface area (Å²) >= 11 is 0. The van der Waals surface area contributed by atoms with E-state index in [9.17, 15) is 9.90 Å².